The first-order valence-corrected chi connectivity index (χ1v) is 10.6. The second-order valence-electron chi connectivity index (χ2n) is 7.91. The minimum atomic E-state index is -0.295. The van der Waals surface area contributed by atoms with Gasteiger partial charge < -0.3 is 10.2 Å². The molecule has 25 heavy (non-hydrogen) atoms. The van der Waals surface area contributed by atoms with Crippen LogP contribution in [0.15, 0.2) is 10.9 Å². The van der Waals surface area contributed by atoms with E-state index < -0.39 is 0 Å². The second kappa shape index (κ2) is 8.14. The van der Waals surface area contributed by atoms with Gasteiger partial charge in [0.25, 0.3) is 0 Å². The van der Waals surface area contributed by atoms with Crippen LogP contribution in [0.3, 0.4) is 0 Å². The molecule has 3 heterocycles. The lowest BCUT2D eigenvalue weighted by Crippen LogP contribution is -2.51. The van der Waals surface area contributed by atoms with Crippen molar-refractivity contribution in [3.8, 4) is 0 Å². The molecule has 0 aliphatic carbocycles. The lowest BCUT2D eigenvalue weighted by Gasteiger charge is -2.36. The fourth-order valence-corrected chi connectivity index (χ4v) is 5.27. The summed E-state index contributed by atoms with van der Waals surface area (Å²) >= 11 is 1.63. The molecule has 0 aromatic carbocycles. The maximum absolute atomic E-state index is 13.3. The minimum absolute atomic E-state index is 0.246. The zero-order valence-electron chi connectivity index (χ0n) is 15.8. The van der Waals surface area contributed by atoms with Gasteiger partial charge in [0.15, 0.2) is 0 Å². The van der Waals surface area contributed by atoms with E-state index in [2.05, 4.69) is 32.4 Å². The van der Waals surface area contributed by atoms with Crippen LogP contribution < -0.4 is 5.32 Å². The van der Waals surface area contributed by atoms with Gasteiger partial charge in [0.05, 0.1) is 16.6 Å². The number of likely N-dealkylation sites (N-methyl/N-ethyl adjacent to an activating group) is 1. The highest BCUT2D eigenvalue weighted by Gasteiger charge is 2.59. The normalized spacial score (nSPS) is 28.8. The summed E-state index contributed by atoms with van der Waals surface area (Å²) in [5.41, 5.74) is 2.67. The lowest BCUT2D eigenvalue weighted by molar-refractivity contribution is -0.133. The van der Waals surface area contributed by atoms with E-state index in [-0.39, 0.29) is 11.3 Å². The first-order valence-electron chi connectivity index (χ1n) is 9.62. The van der Waals surface area contributed by atoms with Crippen molar-refractivity contribution in [2.75, 3.05) is 33.7 Å². The highest BCUT2D eigenvalue weighted by Crippen LogP contribution is 2.51. The Hall–Kier alpha value is -0.980. The number of fused-ring (bicyclic) bond motifs is 2. The highest BCUT2D eigenvalue weighted by molar-refractivity contribution is 7.07. The number of carbonyl (C=O) groups excluding carboxylic acids is 1. The molecule has 0 radical (unpaired) electrons. The van der Waals surface area contributed by atoms with E-state index in [1.165, 1.54) is 19.3 Å². The van der Waals surface area contributed by atoms with Crippen molar-refractivity contribution in [3.05, 3.63) is 16.6 Å². The first kappa shape index (κ1) is 18.8. The molecule has 3 atom stereocenters. The van der Waals surface area contributed by atoms with E-state index in [9.17, 15) is 4.79 Å². The smallest absolute Gasteiger partial charge is 0.228 e. The zero-order chi connectivity index (χ0) is 17.9. The van der Waals surface area contributed by atoms with Gasteiger partial charge in [-0.2, -0.15) is 0 Å². The van der Waals surface area contributed by atoms with Gasteiger partial charge in [-0.3, -0.25) is 9.69 Å². The van der Waals surface area contributed by atoms with Gasteiger partial charge in [-0.15, -0.1) is 11.3 Å². The molecule has 6 heteroatoms. The number of carbonyl (C=O) groups is 1. The molecular formula is C19H32N4OS. The number of amides is 1. The molecule has 1 N–H and O–H groups in total. The monoisotopic (exact) mass is 364 g/mol. The molecule has 2 aliphatic heterocycles. The van der Waals surface area contributed by atoms with Gasteiger partial charge in [-0.25, -0.2) is 4.98 Å². The van der Waals surface area contributed by atoms with Crippen molar-refractivity contribution in [1.29, 1.82) is 0 Å². The van der Waals surface area contributed by atoms with Crippen molar-refractivity contribution in [2.45, 2.75) is 57.5 Å². The molecule has 0 saturated carbocycles. The molecule has 1 aromatic rings. The van der Waals surface area contributed by atoms with Crippen molar-refractivity contribution >= 4 is 17.2 Å². The van der Waals surface area contributed by atoms with Gasteiger partial charge >= 0.3 is 0 Å². The number of aromatic nitrogens is 1. The summed E-state index contributed by atoms with van der Waals surface area (Å²) in [4.78, 5) is 22.6. The Morgan fingerprint density at radius 2 is 2.32 bits per heavy atom. The summed E-state index contributed by atoms with van der Waals surface area (Å²) in [5.74, 6) is 0.246. The Kier molecular flexibility index (Phi) is 6.12. The summed E-state index contributed by atoms with van der Waals surface area (Å²) in [6, 6.07) is 0.958. The average Bonchev–Trinajstić information content (AvgIpc) is 3.28. The Balaban J connectivity index is 1.77. The van der Waals surface area contributed by atoms with Crippen molar-refractivity contribution in [2.24, 2.45) is 5.41 Å². The fourth-order valence-electron chi connectivity index (χ4n) is 4.72. The van der Waals surface area contributed by atoms with Gasteiger partial charge in [0, 0.05) is 37.0 Å². The molecule has 0 spiro atoms. The number of hydrogen-bond acceptors (Lipinski definition) is 5. The van der Waals surface area contributed by atoms with Gasteiger partial charge in [-0.05, 0) is 46.3 Å². The average molecular weight is 365 g/mol. The van der Waals surface area contributed by atoms with E-state index in [0.717, 1.165) is 44.6 Å². The molecule has 2 saturated heterocycles. The van der Waals surface area contributed by atoms with Crippen molar-refractivity contribution in [1.82, 2.24) is 20.1 Å². The van der Waals surface area contributed by atoms with Gasteiger partial charge in [-0.1, -0.05) is 13.3 Å². The molecule has 1 aromatic heterocycles. The number of nitrogens with one attached hydrogen (secondary N) is 1. The van der Waals surface area contributed by atoms with E-state index in [1.807, 2.05) is 19.6 Å². The summed E-state index contributed by atoms with van der Waals surface area (Å²) in [6.45, 7) is 4.98. The molecule has 3 rings (SSSR count). The maximum atomic E-state index is 13.3. The highest BCUT2D eigenvalue weighted by atomic mass is 32.1. The third-order valence-electron chi connectivity index (χ3n) is 5.93. The van der Waals surface area contributed by atoms with Crippen LogP contribution in [0.2, 0.25) is 0 Å². The SMILES string of the molecule is CCCCN1[C@@H]2CC[C@H]1[C@@](Cc1cscn1)(C(=O)NCCN(C)C)C2. The Labute approximate surface area is 155 Å². The minimum Gasteiger partial charge on any atom is -0.354 e. The van der Waals surface area contributed by atoms with E-state index >= 15 is 0 Å². The third kappa shape index (κ3) is 3.91. The summed E-state index contributed by atoms with van der Waals surface area (Å²) in [5, 5.41) is 5.35. The molecule has 0 unspecified atom stereocenters. The number of rotatable bonds is 9. The molecule has 1 amide bonds. The maximum Gasteiger partial charge on any atom is 0.228 e. The van der Waals surface area contributed by atoms with Crippen LogP contribution in [0.25, 0.3) is 0 Å². The van der Waals surface area contributed by atoms with Crippen LogP contribution >= 0.6 is 11.3 Å². The molecule has 2 bridgehead atoms. The lowest BCUT2D eigenvalue weighted by atomic mass is 9.70. The first-order chi connectivity index (χ1) is 12.1. The van der Waals surface area contributed by atoms with Crippen LogP contribution in [0.5, 0.6) is 0 Å². The Morgan fingerprint density at radius 1 is 1.48 bits per heavy atom. The predicted molar refractivity (Wildman–Crippen MR) is 103 cm³/mol. The Morgan fingerprint density at radius 3 is 3.00 bits per heavy atom. The molecule has 2 fully saturated rings. The van der Waals surface area contributed by atoms with E-state index in [0.29, 0.717) is 12.1 Å². The number of nitrogens with zero attached hydrogens (tertiary/aromatic N) is 3. The Bertz CT molecular complexity index is 562. The van der Waals surface area contributed by atoms with Crippen molar-refractivity contribution in [3.63, 3.8) is 0 Å². The number of unbranched alkanes of at least 4 members (excludes halogenated alkanes) is 1. The quantitative estimate of drug-likeness (QED) is 0.731. The van der Waals surface area contributed by atoms with Crippen LogP contribution in [-0.4, -0.2) is 66.5 Å². The second-order valence-corrected chi connectivity index (χ2v) is 8.63. The van der Waals surface area contributed by atoms with E-state index in [4.69, 9.17) is 0 Å². The van der Waals surface area contributed by atoms with Crippen molar-refractivity contribution < 1.29 is 4.79 Å². The molecular weight excluding hydrogens is 332 g/mol. The zero-order valence-corrected chi connectivity index (χ0v) is 16.6. The number of hydrogen-bond donors (Lipinski definition) is 1. The summed E-state index contributed by atoms with van der Waals surface area (Å²) in [7, 11) is 4.09. The standard InChI is InChI=1S/C19H32N4OS/c1-4-5-9-23-16-6-7-17(23)19(12-16,11-15-13-25-14-21-15)18(24)20-8-10-22(2)3/h13-14,16-17H,4-12H2,1-3H3,(H,20,24)/t16-,17+,19+/m1/s1. The van der Waals surface area contributed by atoms with E-state index in [1.54, 1.807) is 11.3 Å². The largest absolute Gasteiger partial charge is 0.354 e. The van der Waals surface area contributed by atoms with Gasteiger partial charge in [0.1, 0.15) is 0 Å². The fraction of sp³-hybridized carbons (Fsp3) is 0.789. The van der Waals surface area contributed by atoms with Crippen LogP contribution in [0.1, 0.15) is 44.7 Å². The van der Waals surface area contributed by atoms with Crippen LogP contribution in [0, 0.1) is 5.41 Å². The summed E-state index contributed by atoms with van der Waals surface area (Å²) < 4.78 is 0. The topological polar surface area (TPSA) is 48.5 Å². The number of thiazole rings is 1. The summed E-state index contributed by atoms with van der Waals surface area (Å²) in [6.07, 6.45) is 6.62. The third-order valence-corrected chi connectivity index (χ3v) is 6.56. The molecule has 140 valence electrons. The van der Waals surface area contributed by atoms with Crippen LogP contribution in [0.4, 0.5) is 0 Å². The molecule has 5 nitrogen and oxygen atoms in total. The molecule has 2 aliphatic rings. The predicted octanol–water partition coefficient (Wildman–Crippen LogP) is 2.39. The van der Waals surface area contributed by atoms with Crippen LogP contribution in [-0.2, 0) is 11.2 Å². The van der Waals surface area contributed by atoms with Gasteiger partial charge in [0.2, 0.25) is 5.91 Å².